The van der Waals surface area contributed by atoms with Crippen LogP contribution >= 0.6 is 11.6 Å². The number of imide groups is 1. The summed E-state index contributed by atoms with van der Waals surface area (Å²) in [6.07, 6.45) is 0. The summed E-state index contributed by atoms with van der Waals surface area (Å²) in [6, 6.07) is 6.23. The summed E-state index contributed by atoms with van der Waals surface area (Å²) in [4.78, 5) is 41.4. The maximum atomic E-state index is 12.2. The van der Waals surface area contributed by atoms with E-state index in [4.69, 9.17) is 16.4 Å². The molecule has 0 radical (unpaired) electrons. The quantitative estimate of drug-likeness (QED) is 0.788. The van der Waals surface area contributed by atoms with Gasteiger partial charge in [0.1, 0.15) is 10.7 Å². The van der Waals surface area contributed by atoms with Gasteiger partial charge in [0, 0.05) is 7.05 Å². The number of hydroxylamine groups is 2. The summed E-state index contributed by atoms with van der Waals surface area (Å²) < 4.78 is 1.30. The smallest absolute Gasteiger partial charge is 0.324 e. The zero-order chi connectivity index (χ0) is 16.0. The van der Waals surface area contributed by atoms with Gasteiger partial charge in [0.15, 0.2) is 0 Å². The average molecular weight is 320 g/mol. The van der Waals surface area contributed by atoms with Crippen LogP contribution in [-0.4, -0.2) is 32.6 Å². The van der Waals surface area contributed by atoms with Crippen LogP contribution in [0.5, 0.6) is 0 Å². The van der Waals surface area contributed by atoms with Gasteiger partial charge in [0.05, 0.1) is 16.8 Å². The van der Waals surface area contributed by atoms with Crippen LogP contribution < -0.4 is 0 Å². The minimum Gasteiger partial charge on any atom is -0.324 e. The van der Waals surface area contributed by atoms with E-state index in [2.05, 4.69) is 5.10 Å². The maximum absolute atomic E-state index is 12.2. The molecule has 112 valence electrons. The van der Waals surface area contributed by atoms with Gasteiger partial charge in [0.25, 0.3) is 11.8 Å². The number of hydrogen-bond donors (Lipinski definition) is 0. The zero-order valence-corrected chi connectivity index (χ0v) is 12.4. The van der Waals surface area contributed by atoms with Crippen molar-refractivity contribution in [2.75, 3.05) is 0 Å². The molecule has 2 amide bonds. The number of fused-ring (bicyclic) bond motifs is 1. The average Bonchev–Trinajstić information content (AvgIpc) is 2.88. The van der Waals surface area contributed by atoms with Crippen molar-refractivity contribution in [1.29, 1.82) is 0 Å². The second-order valence-electron chi connectivity index (χ2n) is 4.70. The Hall–Kier alpha value is -2.67. The highest BCUT2D eigenvalue weighted by Crippen LogP contribution is 2.25. The number of hydrogen-bond acceptors (Lipinski definition) is 5. The highest BCUT2D eigenvalue weighted by Gasteiger charge is 2.39. The van der Waals surface area contributed by atoms with Gasteiger partial charge in [-0.2, -0.15) is 5.10 Å². The number of aromatic nitrogens is 2. The Morgan fingerprint density at radius 1 is 1.18 bits per heavy atom. The van der Waals surface area contributed by atoms with Crippen LogP contribution in [0, 0.1) is 6.92 Å². The molecule has 7 nitrogen and oxygen atoms in total. The first-order chi connectivity index (χ1) is 10.4. The molecule has 1 aromatic heterocycles. The minimum atomic E-state index is -0.912. The molecule has 22 heavy (non-hydrogen) atoms. The molecule has 0 aliphatic carbocycles. The van der Waals surface area contributed by atoms with Crippen molar-refractivity contribution >= 4 is 29.4 Å². The predicted octanol–water partition coefficient (Wildman–Crippen LogP) is 1.75. The van der Waals surface area contributed by atoms with Crippen molar-refractivity contribution < 1.29 is 19.2 Å². The monoisotopic (exact) mass is 319 g/mol. The number of aryl methyl sites for hydroxylation is 2. The molecule has 0 N–H and O–H groups in total. The Bertz CT molecular complexity index is 792. The van der Waals surface area contributed by atoms with Gasteiger partial charge >= 0.3 is 5.97 Å². The topological polar surface area (TPSA) is 81.5 Å². The number of halogens is 1. The van der Waals surface area contributed by atoms with E-state index >= 15 is 0 Å². The summed E-state index contributed by atoms with van der Waals surface area (Å²) >= 11 is 5.97. The Morgan fingerprint density at radius 3 is 2.18 bits per heavy atom. The number of carbonyl (C=O) groups is 3. The normalized spacial score (nSPS) is 13.5. The van der Waals surface area contributed by atoms with Crippen molar-refractivity contribution in [2.45, 2.75) is 6.92 Å². The summed E-state index contributed by atoms with van der Waals surface area (Å²) in [5.74, 6) is -2.29. The molecule has 1 aliphatic rings. The summed E-state index contributed by atoms with van der Waals surface area (Å²) in [5.41, 5.74) is 0.735. The van der Waals surface area contributed by atoms with Crippen molar-refractivity contribution in [2.24, 2.45) is 7.05 Å². The molecule has 0 bridgehead atoms. The first-order valence-corrected chi connectivity index (χ1v) is 6.69. The molecule has 0 saturated heterocycles. The van der Waals surface area contributed by atoms with E-state index in [1.807, 2.05) is 0 Å². The van der Waals surface area contributed by atoms with Gasteiger partial charge in [-0.15, -0.1) is 0 Å². The van der Waals surface area contributed by atoms with Gasteiger partial charge < -0.3 is 4.84 Å². The molecular formula is C14H10ClN3O4. The number of rotatable bonds is 2. The second kappa shape index (κ2) is 4.96. The molecule has 3 rings (SSSR count). The third-order valence-electron chi connectivity index (χ3n) is 3.29. The second-order valence-corrected chi connectivity index (χ2v) is 5.06. The summed E-state index contributed by atoms with van der Waals surface area (Å²) in [7, 11) is 1.56. The van der Waals surface area contributed by atoms with Crippen LogP contribution in [0.3, 0.4) is 0 Å². The lowest BCUT2D eigenvalue weighted by atomic mass is 10.1. The van der Waals surface area contributed by atoms with Crippen molar-refractivity contribution in [3.63, 3.8) is 0 Å². The molecule has 1 aliphatic heterocycles. The molecular weight excluding hydrogens is 310 g/mol. The highest BCUT2D eigenvalue weighted by molar-refractivity contribution is 6.32. The third kappa shape index (κ3) is 1.98. The van der Waals surface area contributed by atoms with Crippen LogP contribution in [0.15, 0.2) is 24.3 Å². The van der Waals surface area contributed by atoms with Gasteiger partial charge in [-0.05, 0) is 19.1 Å². The number of carbonyl (C=O) groups excluding carboxylic acids is 3. The standard InChI is InChI=1S/C14H10ClN3O4/c1-7-10(11(15)17(2)16-7)14(21)22-18-12(19)8-5-3-4-6-9(8)13(18)20/h3-6H,1-2H3. The molecule has 0 saturated carbocycles. The number of amides is 2. The summed E-state index contributed by atoms with van der Waals surface area (Å²) in [5, 5.41) is 4.49. The Kier molecular flexibility index (Phi) is 3.22. The van der Waals surface area contributed by atoms with E-state index in [0.29, 0.717) is 10.8 Å². The van der Waals surface area contributed by atoms with Crippen LogP contribution in [-0.2, 0) is 11.9 Å². The molecule has 0 atom stereocenters. The Balaban J connectivity index is 1.90. The fraction of sp³-hybridized carbons (Fsp3) is 0.143. The van der Waals surface area contributed by atoms with E-state index in [-0.39, 0.29) is 21.8 Å². The molecule has 0 spiro atoms. The van der Waals surface area contributed by atoms with E-state index in [1.54, 1.807) is 26.1 Å². The highest BCUT2D eigenvalue weighted by atomic mass is 35.5. The van der Waals surface area contributed by atoms with Crippen molar-refractivity contribution in [3.8, 4) is 0 Å². The van der Waals surface area contributed by atoms with E-state index in [9.17, 15) is 14.4 Å². The number of nitrogens with zero attached hydrogens (tertiary/aromatic N) is 3. The Morgan fingerprint density at radius 2 is 1.73 bits per heavy atom. The minimum absolute atomic E-state index is 0.0146. The molecule has 8 heteroatoms. The van der Waals surface area contributed by atoms with E-state index < -0.39 is 17.8 Å². The predicted molar refractivity (Wildman–Crippen MR) is 75.3 cm³/mol. The lowest BCUT2D eigenvalue weighted by Gasteiger charge is -2.12. The van der Waals surface area contributed by atoms with Gasteiger partial charge in [-0.1, -0.05) is 28.8 Å². The Labute approximate surface area is 130 Å². The fourth-order valence-corrected chi connectivity index (χ4v) is 2.49. The third-order valence-corrected chi connectivity index (χ3v) is 3.72. The van der Waals surface area contributed by atoms with Gasteiger partial charge in [0.2, 0.25) is 0 Å². The van der Waals surface area contributed by atoms with Crippen molar-refractivity contribution in [3.05, 3.63) is 51.8 Å². The van der Waals surface area contributed by atoms with E-state index in [0.717, 1.165) is 0 Å². The molecule has 0 fully saturated rings. The zero-order valence-electron chi connectivity index (χ0n) is 11.7. The largest absolute Gasteiger partial charge is 0.368 e. The van der Waals surface area contributed by atoms with Crippen molar-refractivity contribution in [1.82, 2.24) is 14.8 Å². The number of benzene rings is 1. The van der Waals surface area contributed by atoms with Gasteiger partial charge in [-0.3, -0.25) is 14.3 Å². The first kappa shape index (κ1) is 14.3. The van der Waals surface area contributed by atoms with Crippen LogP contribution in [0.2, 0.25) is 5.15 Å². The lowest BCUT2D eigenvalue weighted by molar-refractivity contribution is -0.0585. The molecule has 0 unspecified atom stereocenters. The first-order valence-electron chi connectivity index (χ1n) is 6.31. The molecule has 2 aromatic rings. The van der Waals surface area contributed by atoms with Crippen LogP contribution in [0.1, 0.15) is 36.8 Å². The van der Waals surface area contributed by atoms with Crippen LogP contribution in [0.25, 0.3) is 0 Å². The maximum Gasteiger partial charge on any atom is 0.368 e. The van der Waals surface area contributed by atoms with E-state index in [1.165, 1.54) is 16.8 Å². The fourth-order valence-electron chi connectivity index (χ4n) is 2.24. The lowest BCUT2D eigenvalue weighted by Crippen LogP contribution is -2.32. The summed E-state index contributed by atoms with van der Waals surface area (Å²) in [6.45, 7) is 1.57. The van der Waals surface area contributed by atoms with Crippen LogP contribution in [0.4, 0.5) is 0 Å². The molecule has 1 aromatic carbocycles. The molecule has 2 heterocycles. The van der Waals surface area contributed by atoms with Gasteiger partial charge in [-0.25, -0.2) is 4.79 Å². The SMILES string of the molecule is Cc1nn(C)c(Cl)c1C(=O)ON1C(=O)c2ccccc2C1=O.